The number of halogens is 3. The number of hydrogen-bond donors (Lipinski definition) is 1. The van der Waals surface area contributed by atoms with Crippen molar-refractivity contribution in [1.82, 2.24) is 5.32 Å². The van der Waals surface area contributed by atoms with Crippen LogP contribution in [-0.4, -0.2) is 12.5 Å². The van der Waals surface area contributed by atoms with Gasteiger partial charge in [-0.1, -0.05) is 53.0 Å². The molecule has 0 unspecified atom stereocenters. The molecule has 0 spiro atoms. The van der Waals surface area contributed by atoms with Gasteiger partial charge < -0.3 is 10.1 Å². The van der Waals surface area contributed by atoms with Crippen LogP contribution in [0.15, 0.2) is 42.5 Å². The average Bonchev–Trinajstić information content (AvgIpc) is 2.48. The molecule has 1 amide bonds. The fourth-order valence-corrected chi connectivity index (χ4v) is 2.43. The van der Waals surface area contributed by atoms with Crippen molar-refractivity contribution in [3.63, 3.8) is 0 Å². The highest BCUT2D eigenvalue weighted by atomic mass is 35.5. The molecule has 22 heavy (non-hydrogen) atoms. The molecule has 1 atom stereocenters. The third kappa shape index (κ3) is 4.54. The summed E-state index contributed by atoms with van der Waals surface area (Å²) in [6.07, 6.45) is 0. The molecule has 0 heterocycles. The summed E-state index contributed by atoms with van der Waals surface area (Å²) < 4.78 is 5.39. The number of carbonyl (C=O) groups is 1. The molecular weight excluding hydrogens is 345 g/mol. The lowest BCUT2D eigenvalue weighted by molar-refractivity contribution is -0.123. The summed E-state index contributed by atoms with van der Waals surface area (Å²) >= 11 is 17.8. The van der Waals surface area contributed by atoms with Crippen LogP contribution in [0.3, 0.4) is 0 Å². The quantitative estimate of drug-likeness (QED) is 0.825. The maximum atomic E-state index is 11.9. The van der Waals surface area contributed by atoms with Gasteiger partial charge in [-0.25, -0.2) is 0 Å². The number of hydrogen-bond acceptors (Lipinski definition) is 2. The zero-order valence-electron chi connectivity index (χ0n) is 11.8. The SMILES string of the molecule is C[C@H](NC(=O)COc1cccc(Cl)c1Cl)c1cccc(Cl)c1. The molecular formula is C16H14Cl3NO2. The summed E-state index contributed by atoms with van der Waals surface area (Å²) in [5, 5.41) is 4.13. The summed E-state index contributed by atoms with van der Waals surface area (Å²) in [6, 6.07) is 12.2. The van der Waals surface area contributed by atoms with Gasteiger partial charge in [0.15, 0.2) is 6.61 Å². The van der Waals surface area contributed by atoms with Crippen molar-refractivity contribution >= 4 is 40.7 Å². The van der Waals surface area contributed by atoms with E-state index in [9.17, 15) is 4.79 Å². The molecule has 2 rings (SSSR count). The van der Waals surface area contributed by atoms with Gasteiger partial charge in [0.05, 0.1) is 11.1 Å². The lowest BCUT2D eigenvalue weighted by Crippen LogP contribution is -2.31. The first kappa shape index (κ1) is 16.9. The van der Waals surface area contributed by atoms with Crippen LogP contribution in [0.5, 0.6) is 5.75 Å². The number of carbonyl (C=O) groups excluding carboxylic acids is 1. The number of ether oxygens (including phenoxy) is 1. The highest BCUT2D eigenvalue weighted by molar-refractivity contribution is 6.42. The van der Waals surface area contributed by atoms with Gasteiger partial charge >= 0.3 is 0 Å². The van der Waals surface area contributed by atoms with Gasteiger partial charge in [0.25, 0.3) is 5.91 Å². The Bertz CT molecular complexity index is 676. The summed E-state index contributed by atoms with van der Waals surface area (Å²) in [7, 11) is 0. The first-order chi connectivity index (χ1) is 10.5. The molecule has 0 saturated heterocycles. The van der Waals surface area contributed by atoms with E-state index in [0.29, 0.717) is 20.8 Å². The van der Waals surface area contributed by atoms with E-state index in [1.54, 1.807) is 30.3 Å². The highest BCUT2D eigenvalue weighted by Crippen LogP contribution is 2.31. The van der Waals surface area contributed by atoms with Gasteiger partial charge in [-0.05, 0) is 36.8 Å². The van der Waals surface area contributed by atoms with Crippen molar-refractivity contribution in [2.75, 3.05) is 6.61 Å². The Balaban J connectivity index is 1.91. The summed E-state index contributed by atoms with van der Waals surface area (Å²) in [5.74, 6) is 0.114. The molecule has 2 aromatic carbocycles. The van der Waals surface area contributed by atoms with Crippen molar-refractivity contribution < 1.29 is 9.53 Å². The predicted octanol–water partition coefficient (Wildman–Crippen LogP) is 4.90. The zero-order valence-corrected chi connectivity index (χ0v) is 14.0. The first-order valence-corrected chi connectivity index (χ1v) is 7.72. The smallest absolute Gasteiger partial charge is 0.258 e. The van der Waals surface area contributed by atoms with Gasteiger partial charge in [0, 0.05) is 5.02 Å². The fourth-order valence-electron chi connectivity index (χ4n) is 1.88. The van der Waals surface area contributed by atoms with Crippen molar-refractivity contribution in [3.05, 3.63) is 63.1 Å². The fraction of sp³-hybridized carbons (Fsp3) is 0.188. The van der Waals surface area contributed by atoms with Crippen molar-refractivity contribution in [2.24, 2.45) is 0 Å². The minimum Gasteiger partial charge on any atom is -0.482 e. The Kier molecular flexibility index (Phi) is 5.95. The van der Waals surface area contributed by atoms with Gasteiger partial charge in [-0.15, -0.1) is 0 Å². The van der Waals surface area contributed by atoms with Gasteiger partial charge in [0.1, 0.15) is 10.8 Å². The maximum Gasteiger partial charge on any atom is 0.258 e. The Morgan fingerprint density at radius 2 is 1.91 bits per heavy atom. The zero-order chi connectivity index (χ0) is 16.1. The minimum absolute atomic E-state index is 0.148. The summed E-state index contributed by atoms with van der Waals surface area (Å²) in [5.41, 5.74) is 0.918. The molecule has 0 aliphatic heterocycles. The van der Waals surface area contributed by atoms with Crippen LogP contribution in [0.25, 0.3) is 0 Å². The van der Waals surface area contributed by atoms with E-state index in [0.717, 1.165) is 5.56 Å². The van der Waals surface area contributed by atoms with Crippen molar-refractivity contribution in [3.8, 4) is 5.75 Å². The normalized spacial score (nSPS) is 11.8. The first-order valence-electron chi connectivity index (χ1n) is 6.59. The van der Waals surface area contributed by atoms with Gasteiger partial charge in [-0.2, -0.15) is 0 Å². The molecule has 6 heteroatoms. The van der Waals surface area contributed by atoms with Crippen molar-refractivity contribution in [1.29, 1.82) is 0 Å². The summed E-state index contributed by atoms with van der Waals surface area (Å²) in [6.45, 7) is 1.72. The molecule has 0 fully saturated rings. The highest BCUT2D eigenvalue weighted by Gasteiger charge is 2.12. The van der Waals surface area contributed by atoms with Crippen LogP contribution in [0.4, 0.5) is 0 Å². The molecule has 116 valence electrons. The Morgan fingerprint density at radius 3 is 2.64 bits per heavy atom. The van der Waals surface area contributed by atoms with Crippen molar-refractivity contribution in [2.45, 2.75) is 13.0 Å². The van der Waals surface area contributed by atoms with E-state index in [-0.39, 0.29) is 18.6 Å². The van der Waals surface area contributed by atoms with Crippen LogP contribution in [0.1, 0.15) is 18.5 Å². The van der Waals surface area contributed by atoms with Crippen LogP contribution in [0, 0.1) is 0 Å². The van der Waals surface area contributed by atoms with Crippen LogP contribution < -0.4 is 10.1 Å². The second kappa shape index (κ2) is 7.73. The van der Waals surface area contributed by atoms with Gasteiger partial charge in [-0.3, -0.25) is 4.79 Å². The Morgan fingerprint density at radius 1 is 1.18 bits per heavy atom. The second-order valence-corrected chi connectivity index (χ2v) is 5.91. The molecule has 1 N–H and O–H groups in total. The number of benzene rings is 2. The maximum absolute atomic E-state index is 11.9. The molecule has 3 nitrogen and oxygen atoms in total. The van der Waals surface area contributed by atoms with E-state index >= 15 is 0 Å². The molecule has 0 bridgehead atoms. The third-order valence-electron chi connectivity index (χ3n) is 3.00. The van der Waals surface area contributed by atoms with Gasteiger partial charge in [0.2, 0.25) is 0 Å². The molecule has 0 saturated carbocycles. The molecule has 0 aliphatic carbocycles. The number of rotatable bonds is 5. The number of nitrogens with one attached hydrogen (secondary N) is 1. The largest absolute Gasteiger partial charge is 0.482 e. The lowest BCUT2D eigenvalue weighted by atomic mass is 10.1. The molecule has 0 radical (unpaired) electrons. The minimum atomic E-state index is -0.261. The molecule has 0 aliphatic rings. The Hall–Kier alpha value is -1.42. The Labute approximate surface area is 144 Å². The van der Waals surface area contributed by atoms with E-state index in [4.69, 9.17) is 39.5 Å². The van der Waals surface area contributed by atoms with Crippen LogP contribution in [0.2, 0.25) is 15.1 Å². The predicted molar refractivity (Wildman–Crippen MR) is 90.0 cm³/mol. The average molecular weight is 359 g/mol. The monoisotopic (exact) mass is 357 g/mol. The number of amides is 1. The standard InChI is InChI=1S/C16H14Cl3NO2/c1-10(11-4-2-5-12(17)8-11)20-15(21)9-22-14-7-3-6-13(18)16(14)19/h2-8,10H,9H2,1H3,(H,20,21)/t10-/m0/s1. The van der Waals surface area contributed by atoms with E-state index in [1.165, 1.54) is 0 Å². The van der Waals surface area contributed by atoms with Crippen LogP contribution in [-0.2, 0) is 4.79 Å². The van der Waals surface area contributed by atoms with E-state index < -0.39 is 0 Å². The topological polar surface area (TPSA) is 38.3 Å². The molecule has 2 aromatic rings. The van der Waals surface area contributed by atoms with E-state index in [2.05, 4.69) is 5.32 Å². The summed E-state index contributed by atoms with van der Waals surface area (Å²) in [4.78, 5) is 11.9. The van der Waals surface area contributed by atoms with E-state index in [1.807, 2.05) is 19.1 Å². The molecule has 0 aromatic heterocycles. The lowest BCUT2D eigenvalue weighted by Gasteiger charge is -2.15. The third-order valence-corrected chi connectivity index (χ3v) is 4.04. The van der Waals surface area contributed by atoms with Crippen LogP contribution >= 0.6 is 34.8 Å². The second-order valence-electron chi connectivity index (χ2n) is 4.68.